The maximum atomic E-state index is 12.3. The van der Waals surface area contributed by atoms with Crippen LogP contribution in [0.2, 0.25) is 0 Å². The Labute approximate surface area is 237 Å². The molecule has 0 fully saturated rings. The first-order chi connectivity index (χ1) is 17.9. The average Bonchev–Trinajstić information content (AvgIpc) is 2.92. The van der Waals surface area contributed by atoms with E-state index in [1.807, 2.05) is 12.1 Å². The monoisotopic (exact) mass is 556 g/mol. The van der Waals surface area contributed by atoms with E-state index in [0.717, 1.165) is 25.9 Å². The van der Waals surface area contributed by atoms with E-state index in [1.165, 1.54) is 77.9 Å². The molecule has 0 N–H and O–H groups in total. The Kier molecular flexibility index (Phi) is 8.15. The van der Waals surface area contributed by atoms with Crippen molar-refractivity contribution in [3.05, 3.63) is 98.1 Å². The molecule has 0 spiro atoms. The lowest BCUT2D eigenvalue weighted by molar-refractivity contribution is 0.602. The van der Waals surface area contributed by atoms with Crippen molar-refractivity contribution < 1.29 is 4.57 Å². The molecule has 4 aromatic rings. The largest absolute Gasteiger partial charge is 0.265 e. The summed E-state index contributed by atoms with van der Waals surface area (Å²) in [5.41, 5.74) is 21.0. The van der Waals surface area contributed by atoms with Crippen LogP contribution in [0.25, 0.3) is 33.4 Å². The second-order valence-corrected chi connectivity index (χ2v) is 14.6. The highest BCUT2D eigenvalue weighted by Crippen LogP contribution is 2.41. The van der Waals surface area contributed by atoms with Crippen LogP contribution < -0.4 is 5.30 Å². The molecule has 38 heavy (non-hydrogen) atoms. The summed E-state index contributed by atoms with van der Waals surface area (Å²) >= 11 is 4.97. The Morgan fingerprint density at radius 2 is 0.789 bits per heavy atom. The topological polar surface area (TPSA) is 17.1 Å². The van der Waals surface area contributed by atoms with Gasteiger partial charge in [-0.2, -0.15) is 0 Å². The van der Waals surface area contributed by atoms with Crippen LogP contribution in [0.15, 0.2) is 42.5 Å². The van der Waals surface area contributed by atoms with Crippen molar-refractivity contribution in [3.63, 3.8) is 0 Å². The van der Waals surface area contributed by atoms with Gasteiger partial charge in [-0.3, -0.25) is 4.57 Å². The van der Waals surface area contributed by atoms with Gasteiger partial charge in [-0.15, -0.1) is 0 Å². The van der Waals surface area contributed by atoms with Crippen LogP contribution >= 0.6 is 6.58 Å². The Morgan fingerprint density at radius 3 is 1.13 bits per heavy atom. The molecule has 0 radical (unpaired) electrons. The van der Waals surface area contributed by atoms with Crippen LogP contribution in [-0.2, 0) is 25.3 Å². The van der Waals surface area contributed by atoms with Gasteiger partial charge in [-0.1, -0.05) is 12.1 Å². The molecule has 4 aromatic carbocycles. The fourth-order valence-electron chi connectivity index (χ4n) is 5.77. The second kappa shape index (κ2) is 10.9. The molecule has 1 atom stereocenters. The fraction of sp³-hybridized carbons (Fsp3) is 0.294. The molecule has 0 amide bonds. The van der Waals surface area contributed by atoms with Gasteiger partial charge in [0.05, 0.1) is 0 Å². The third-order valence-electron chi connectivity index (χ3n) is 8.99. The number of hydrogen-bond donors (Lipinski definition) is 0. The number of hydrogen-bond acceptors (Lipinski definition) is 2. The van der Waals surface area contributed by atoms with Gasteiger partial charge in [0.25, 0.3) is 0 Å². The van der Waals surface area contributed by atoms with E-state index in [0.29, 0.717) is 0 Å². The third kappa shape index (κ3) is 4.81. The first-order valence-corrected chi connectivity index (χ1v) is 16.7. The molecule has 0 saturated heterocycles. The van der Waals surface area contributed by atoms with E-state index in [1.54, 1.807) is 0 Å². The van der Waals surface area contributed by atoms with Crippen molar-refractivity contribution in [1.82, 2.24) is 0 Å². The quantitative estimate of drug-likeness (QED) is 0.233. The third-order valence-corrected chi connectivity index (χ3v) is 12.1. The van der Waals surface area contributed by atoms with Crippen LogP contribution in [0.4, 0.5) is 0 Å². The lowest BCUT2D eigenvalue weighted by atomic mass is 9.82. The first kappa shape index (κ1) is 28.4. The molecule has 0 heterocycles. The van der Waals surface area contributed by atoms with Crippen molar-refractivity contribution >= 4 is 32.6 Å². The van der Waals surface area contributed by atoms with Gasteiger partial charge in [0.15, 0.2) is 6.58 Å². The maximum absolute atomic E-state index is 12.3. The van der Waals surface area contributed by atoms with E-state index in [4.69, 9.17) is 11.2 Å². The van der Waals surface area contributed by atoms with Crippen LogP contribution in [-0.4, -0.2) is 0 Å². The first-order valence-electron chi connectivity index (χ1n) is 13.1. The van der Waals surface area contributed by atoms with Gasteiger partial charge in [0, 0.05) is 5.30 Å². The average molecular weight is 557 g/mol. The number of rotatable bonds is 4. The highest BCUT2D eigenvalue weighted by atomic mass is 32.9. The van der Waals surface area contributed by atoms with Crippen LogP contribution in [0, 0.1) is 69.2 Å². The summed E-state index contributed by atoms with van der Waals surface area (Å²) < 4.78 is 12.3. The molecular formula is C34H37OPS2. The molecule has 0 aliphatic carbocycles. The van der Waals surface area contributed by atoms with Gasteiger partial charge < -0.3 is 0 Å². The molecular weight excluding hydrogens is 519 g/mol. The minimum absolute atomic E-state index is 0.785. The summed E-state index contributed by atoms with van der Waals surface area (Å²) in [5.74, 6) is 0. The minimum Gasteiger partial charge on any atom is -0.265 e. The molecule has 196 valence electrons. The highest BCUT2D eigenvalue weighted by Gasteiger charge is 2.19. The van der Waals surface area contributed by atoms with Gasteiger partial charge in [0.2, 0.25) is 0 Å². The summed E-state index contributed by atoms with van der Waals surface area (Å²) in [5, 5.41) is 0.785. The summed E-state index contributed by atoms with van der Waals surface area (Å²) in [6, 6.07) is 15.1. The Balaban J connectivity index is 2.10. The lowest BCUT2D eigenvalue weighted by Crippen LogP contribution is -2.02. The second-order valence-electron chi connectivity index (χ2n) is 10.7. The van der Waals surface area contributed by atoms with Gasteiger partial charge >= 0.3 is 0 Å². The van der Waals surface area contributed by atoms with Crippen LogP contribution in [0.3, 0.4) is 0 Å². The van der Waals surface area contributed by atoms with Crippen molar-refractivity contribution in [2.45, 2.75) is 69.2 Å². The molecule has 0 aliphatic rings. The standard InChI is InChI=1S/C34H37OPS2/c1-18-20(3)24(7)33(25(8)21(18)4)30-15-29(28-11-13-32(14-12-28)36(35)38-37)16-31(17-30)34-26(9)22(5)19(2)23(6)27(34)10/h11-17H,1-10H3. The summed E-state index contributed by atoms with van der Waals surface area (Å²) in [7, 11) is 0.986. The Bertz CT molecular complexity index is 1570. The zero-order valence-electron chi connectivity index (χ0n) is 24.2. The van der Waals surface area contributed by atoms with Crippen LogP contribution in [0.1, 0.15) is 55.6 Å². The zero-order chi connectivity index (χ0) is 28.0. The smallest absolute Gasteiger partial charge is 0.197 e. The van der Waals surface area contributed by atoms with Gasteiger partial charge in [-0.25, -0.2) is 0 Å². The molecule has 4 heteroatoms. The Hall–Kier alpha value is -2.58. The normalized spacial score (nSPS) is 11.6. The molecule has 0 aromatic heterocycles. The summed E-state index contributed by atoms with van der Waals surface area (Å²) in [6.07, 6.45) is 0. The zero-order valence-corrected chi connectivity index (χ0v) is 26.7. The molecule has 0 saturated carbocycles. The van der Waals surface area contributed by atoms with E-state index >= 15 is 0 Å². The van der Waals surface area contributed by atoms with Gasteiger partial charge in [0.1, 0.15) is 0 Å². The molecule has 1 unspecified atom stereocenters. The van der Waals surface area contributed by atoms with Gasteiger partial charge in [-0.05, 0) is 209 Å². The van der Waals surface area contributed by atoms with Crippen molar-refractivity contribution in [3.8, 4) is 33.4 Å². The maximum Gasteiger partial charge on any atom is 0.197 e. The predicted octanol–water partition coefficient (Wildman–Crippen LogP) is 9.68. The summed E-state index contributed by atoms with van der Waals surface area (Å²) in [6.45, 7) is 20.8. The number of benzene rings is 4. The van der Waals surface area contributed by atoms with Crippen LogP contribution in [0.5, 0.6) is 0 Å². The van der Waals surface area contributed by atoms with E-state index in [9.17, 15) is 4.57 Å². The molecule has 0 aliphatic heterocycles. The SMILES string of the molecule is Cc1c(C)c(C)c(-c2cc(-c3ccc(P(=O)=S=S)cc3)cc(-c3c(C)c(C)c(C)c(C)c3C)c2)c(C)c1C. The summed E-state index contributed by atoms with van der Waals surface area (Å²) in [4.78, 5) is 0. The van der Waals surface area contributed by atoms with Crippen molar-refractivity contribution in [2.24, 2.45) is 0 Å². The van der Waals surface area contributed by atoms with Crippen molar-refractivity contribution in [2.75, 3.05) is 0 Å². The molecule has 0 bridgehead atoms. The fourth-order valence-corrected chi connectivity index (χ4v) is 7.64. The Morgan fingerprint density at radius 1 is 0.474 bits per heavy atom. The lowest BCUT2D eigenvalue weighted by Gasteiger charge is -2.23. The van der Waals surface area contributed by atoms with E-state index < -0.39 is 6.58 Å². The minimum atomic E-state index is -1.60. The predicted molar refractivity (Wildman–Crippen MR) is 172 cm³/mol. The van der Waals surface area contributed by atoms with E-state index in [-0.39, 0.29) is 0 Å². The molecule has 4 rings (SSSR count). The highest BCUT2D eigenvalue weighted by molar-refractivity contribution is 8.34. The van der Waals surface area contributed by atoms with E-state index in [2.05, 4.69) is 99.6 Å². The molecule has 1 nitrogen and oxygen atoms in total. The van der Waals surface area contributed by atoms with Crippen molar-refractivity contribution in [1.29, 1.82) is 0 Å².